The standard InChI is InChI=1S/C19H24N5OP/c1-5-18(22-19-20-16-13-9-10-14-17(16)21-19)24(26(4,25)23(2)3)15-11-7-6-8-12-15/h6-14H,5H2,1-4H3,(H,20,21)/b22-18-. The number of H-pyrrole nitrogens is 1. The number of aliphatic imine (C=N–C) groups is 1. The molecule has 0 aliphatic heterocycles. The Bertz CT molecular complexity index is 931. The lowest BCUT2D eigenvalue weighted by atomic mass is 10.3. The number of anilines is 1. The van der Waals surface area contributed by atoms with Gasteiger partial charge in [-0.25, -0.2) is 9.65 Å². The van der Waals surface area contributed by atoms with Crippen molar-refractivity contribution >= 4 is 35.9 Å². The van der Waals surface area contributed by atoms with Gasteiger partial charge in [-0.1, -0.05) is 37.3 Å². The number of hydrogen-bond acceptors (Lipinski definition) is 3. The number of para-hydroxylation sites is 3. The van der Waals surface area contributed by atoms with Gasteiger partial charge < -0.3 is 4.98 Å². The van der Waals surface area contributed by atoms with Gasteiger partial charge in [-0.3, -0.25) is 9.24 Å². The Morgan fingerprint density at radius 1 is 1.12 bits per heavy atom. The second-order valence-corrected chi connectivity index (χ2v) is 9.16. The molecule has 0 fully saturated rings. The zero-order valence-corrected chi connectivity index (χ0v) is 16.4. The second-order valence-electron chi connectivity index (χ2n) is 6.29. The summed E-state index contributed by atoms with van der Waals surface area (Å²) in [5, 5.41) is 0. The molecule has 1 aromatic heterocycles. The lowest BCUT2D eigenvalue weighted by molar-refractivity contribution is 0.520. The monoisotopic (exact) mass is 369 g/mol. The maximum absolute atomic E-state index is 13.5. The minimum Gasteiger partial charge on any atom is -0.322 e. The molecule has 0 bridgehead atoms. The van der Waals surface area contributed by atoms with Crippen LogP contribution in [0.1, 0.15) is 13.3 Å². The van der Waals surface area contributed by atoms with Gasteiger partial charge >= 0.3 is 0 Å². The van der Waals surface area contributed by atoms with Crippen LogP contribution in [0, 0.1) is 0 Å². The van der Waals surface area contributed by atoms with Crippen LogP contribution in [-0.4, -0.2) is 41.2 Å². The molecule has 1 unspecified atom stereocenters. The fourth-order valence-electron chi connectivity index (χ4n) is 2.72. The highest BCUT2D eigenvalue weighted by molar-refractivity contribution is 7.63. The first-order chi connectivity index (χ1) is 12.4. The Labute approximate surface area is 154 Å². The van der Waals surface area contributed by atoms with Gasteiger partial charge in [0.2, 0.25) is 13.4 Å². The maximum Gasteiger partial charge on any atom is 0.241 e. The molecule has 0 aliphatic rings. The third-order valence-corrected chi connectivity index (χ3v) is 6.97. The van der Waals surface area contributed by atoms with Crippen LogP contribution in [0.15, 0.2) is 59.6 Å². The van der Waals surface area contributed by atoms with E-state index in [4.69, 9.17) is 4.99 Å². The SMILES string of the molecule is CC/C(=N/c1nc2ccccc2[nH]1)N(c1ccccc1)P(C)(=O)N(C)C. The quantitative estimate of drug-likeness (QED) is 0.395. The van der Waals surface area contributed by atoms with Crippen LogP contribution >= 0.6 is 7.44 Å². The second kappa shape index (κ2) is 7.44. The van der Waals surface area contributed by atoms with Crippen LogP contribution in [0.2, 0.25) is 0 Å². The fraction of sp³-hybridized carbons (Fsp3) is 0.263. The van der Waals surface area contributed by atoms with Crippen molar-refractivity contribution in [2.75, 3.05) is 25.4 Å². The van der Waals surface area contributed by atoms with Gasteiger partial charge in [0.1, 0.15) is 5.84 Å². The molecule has 3 aromatic rings. The molecule has 1 atom stereocenters. The number of amidine groups is 1. The van der Waals surface area contributed by atoms with Crippen molar-refractivity contribution in [3.63, 3.8) is 0 Å². The number of imidazole rings is 1. The maximum atomic E-state index is 13.5. The van der Waals surface area contributed by atoms with Crippen LogP contribution < -0.4 is 4.67 Å². The first-order valence-corrected chi connectivity index (χ1v) is 10.6. The molecule has 2 aromatic carbocycles. The lowest BCUT2D eigenvalue weighted by Gasteiger charge is -2.35. The Kier molecular flexibility index (Phi) is 5.25. The summed E-state index contributed by atoms with van der Waals surface area (Å²) >= 11 is 0. The van der Waals surface area contributed by atoms with E-state index in [2.05, 4.69) is 9.97 Å². The van der Waals surface area contributed by atoms with Crippen LogP contribution in [0.3, 0.4) is 0 Å². The molecule has 0 saturated carbocycles. The Hall–Kier alpha value is -2.43. The van der Waals surface area contributed by atoms with Gasteiger partial charge in [0, 0.05) is 18.8 Å². The average molecular weight is 369 g/mol. The molecule has 3 rings (SSSR count). The molecule has 0 aliphatic carbocycles. The summed E-state index contributed by atoms with van der Waals surface area (Å²) in [7, 11) is 0.803. The van der Waals surface area contributed by atoms with Crippen molar-refractivity contribution in [2.45, 2.75) is 13.3 Å². The van der Waals surface area contributed by atoms with E-state index in [9.17, 15) is 4.57 Å². The van der Waals surface area contributed by atoms with Gasteiger partial charge in [-0.15, -0.1) is 0 Å². The van der Waals surface area contributed by atoms with E-state index in [1.54, 1.807) is 11.3 Å². The topological polar surface area (TPSA) is 64.6 Å². The van der Waals surface area contributed by atoms with Crippen molar-refractivity contribution in [3.8, 4) is 0 Å². The summed E-state index contributed by atoms with van der Waals surface area (Å²) in [5.41, 5.74) is 2.64. The summed E-state index contributed by atoms with van der Waals surface area (Å²) in [4.78, 5) is 12.5. The van der Waals surface area contributed by atoms with E-state index >= 15 is 0 Å². The number of fused-ring (bicyclic) bond motifs is 1. The number of nitrogens with zero attached hydrogens (tertiary/aromatic N) is 4. The van der Waals surface area contributed by atoms with E-state index in [0.29, 0.717) is 18.2 Å². The van der Waals surface area contributed by atoms with E-state index in [-0.39, 0.29) is 0 Å². The highest BCUT2D eigenvalue weighted by Crippen LogP contribution is 2.50. The molecule has 0 amide bonds. The van der Waals surface area contributed by atoms with E-state index in [1.807, 2.05) is 80.3 Å². The van der Waals surface area contributed by atoms with Gasteiger partial charge in [-0.05, 0) is 38.4 Å². The molecular weight excluding hydrogens is 345 g/mol. The predicted octanol–water partition coefficient (Wildman–Crippen LogP) is 4.89. The van der Waals surface area contributed by atoms with Crippen LogP contribution in [-0.2, 0) is 4.57 Å². The highest BCUT2D eigenvalue weighted by atomic mass is 31.2. The molecule has 26 heavy (non-hydrogen) atoms. The van der Waals surface area contributed by atoms with Crippen molar-refractivity contribution in [3.05, 3.63) is 54.6 Å². The van der Waals surface area contributed by atoms with Crippen molar-refractivity contribution in [1.29, 1.82) is 0 Å². The highest BCUT2D eigenvalue weighted by Gasteiger charge is 2.31. The Balaban J connectivity index is 2.12. The molecule has 0 spiro atoms. The van der Waals surface area contributed by atoms with Crippen LogP contribution in [0.25, 0.3) is 11.0 Å². The summed E-state index contributed by atoms with van der Waals surface area (Å²) in [6, 6.07) is 17.5. The number of rotatable bonds is 5. The molecule has 1 heterocycles. The minimum absolute atomic E-state index is 0.516. The number of benzene rings is 2. The van der Waals surface area contributed by atoms with Crippen LogP contribution in [0.5, 0.6) is 0 Å². The number of aromatic nitrogens is 2. The number of hydrogen-bond donors (Lipinski definition) is 1. The van der Waals surface area contributed by atoms with Crippen molar-refractivity contribution in [2.24, 2.45) is 4.99 Å². The molecule has 6 nitrogen and oxygen atoms in total. The third-order valence-electron chi connectivity index (χ3n) is 4.29. The zero-order valence-electron chi connectivity index (χ0n) is 15.5. The summed E-state index contributed by atoms with van der Waals surface area (Å²) in [6.07, 6.45) is 0.623. The van der Waals surface area contributed by atoms with Gasteiger partial charge in [-0.2, -0.15) is 4.99 Å². The van der Waals surface area contributed by atoms with Crippen LogP contribution in [0.4, 0.5) is 11.6 Å². The smallest absolute Gasteiger partial charge is 0.241 e. The summed E-state index contributed by atoms with van der Waals surface area (Å²) in [6.45, 7) is 3.76. The molecular formula is C19H24N5OP. The third kappa shape index (κ3) is 3.57. The molecule has 136 valence electrons. The zero-order chi connectivity index (χ0) is 18.7. The molecule has 0 saturated heterocycles. The largest absolute Gasteiger partial charge is 0.322 e. The molecule has 0 radical (unpaired) electrons. The normalized spacial score (nSPS) is 14.6. The van der Waals surface area contributed by atoms with Gasteiger partial charge in [0.05, 0.1) is 11.0 Å². The molecule has 1 N–H and O–H groups in total. The predicted molar refractivity (Wildman–Crippen MR) is 110 cm³/mol. The van der Waals surface area contributed by atoms with Gasteiger partial charge in [0.25, 0.3) is 0 Å². The van der Waals surface area contributed by atoms with E-state index in [1.165, 1.54) is 0 Å². The minimum atomic E-state index is -2.85. The Morgan fingerprint density at radius 3 is 2.38 bits per heavy atom. The average Bonchev–Trinajstić information content (AvgIpc) is 3.04. The summed E-state index contributed by atoms with van der Waals surface area (Å²) in [5.74, 6) is 1.22. The lowest BCUT2D eigenvalue weighted by Crippen LogP contribution is -2.32. The number of aromatic amines is 1. The first-order valence-electron chi connectivity index (χ1n) is 8.56. The van der Waals surface area contributed by atoms with E-state index in [0.717, 1.165) is 16.7 Å². The van der Waals surface area contributed by atoms with E-state index < -0.39 is 7.44 Å². The fourth-order valence-corrected chi connectivity index (χ4v) is 4.25. The Morgan fingerprint density at radius 2 is 1.77 bits per heavy atom. The van der Waals surface area contributed by atoms with Gasteiger partial charge in [0.15, 0.2) is 0 Å². The molecule has 7 heteroatoms. The van der Waals surface area contributed by atoms with Crippen molar-refractivity contribution in [1.82, 2.24) is 14.6 Å². The summed E-state index contributed by atoms with van der Waals surface area (Å²) < 4.78 is 17.1. The van der Waals surface area contributed by atoms with Crippen molar-refractivity contribution < 1.29 is 4.57 Å². The number of nitrogens with one attached hydrogen (secondary N) is 1. The first kappa shape index (κ1) is 18.4.